The summed E-state index contributed by atoms with van der Waals surface area (Å²) in [4.78, 5) is 10.3. The molecule has 2 heterocycles. The molecule has 4 aromatic rings. The van der Waals surface area contributed by atoms with E-state index in [-0.39, 0.29) is 11.9 Å². The van der Waals surface area contributed by atoms with Crippen molar-refractivity contribution in [2.45, 2.75) is 82.8 Å². The largest absolute Gasteiger partial charge is 0.442 e. The minimum Gasteiger partial charge on any atom is -0.442 e. The molecular formula is C41H53FN4O. The van der Waals surface area contributed by atoms with Crippen molar-refractivity contribution < 1.29 is 8.81 Å². The Hall–Kier alpha value is -3.32. The molecule has 0 bridgehead atoms. The molecule has 5 nitrogen and oxygen atoms in total. The molecule has 6 rings (SSSR count). The number of oxazole rings is 1. The first-order chi connectivity index (χ1) is 23.0. The van der Waals surface area contributed by atoms with E-state index in [1.165, 1.54) is 61.6 Å². The average molecular weight is 637 g/mol. The zero-order chi connectivity index (χ0) is 32.4. The van der Waals surface area contributed by atoms with Crippen LogP contribution in [0, 0.1) is 17.7 Å². The second-order valence-electron chi connectivity index (χ2n) is 14.1. The summed E-state index contributed by atoms with van der Waals surface area (Å²) in [5.74, 6) is 2.95. The number of hydrogen-bond acceptors (Lipinski definition) is 5. The van der Waals surface area contributed by atoms with E-state index in [4.69, 9.17) is 9.40 Å². The van der Waals surface area contributed by atoms with Crippen LogP contribution in [0.4, 0.5) is 4.39 Å². The number of benzene rings is 3. The maximum Gasteiger partial charge on any atom is 0.212 e. The maximum absolute atomic E-state index is 13.7. The summed E-state index contributed by atoms with van der Waals surface area (Å²) in [5, 5.41) is 3.66. The topological polar surface area (TPSA) is 44.5 Å². The highest BCUT2D eigenvalue weighted by atomic mass is 19.1. The van der Waals surface area contributed by atoms with E-state index >= 15 is 0 Å². The van der Waals surface area contributed by atoms with Gasteiger partial charge in [0.2, 0.25) is 5.89 Å². The fourth-order valence-corrected chi connectivity index (χ4v) is 8.03. The SMILES string of the molecule is CN(C)C(c1ccc(F)cc1)C1CCC(CC(c2nc(Cc3ccccc3)c(CNCCc3ccccc3)o2)N2CCCCC2)CC1. The Morgan fingerprint density at radius 2 is 1.51 bits per heavy atom. The molecule has 2 unspecified atom stereocenters. The predicted molar refractivity (Wildman–Crippen MR) is 189 cm³/mol. The van der Waals surface area contributed by atoms with Gasteiger partial charge in [0.1, 0.15) is 11.6 Å². The summed E-state index contributed by atoms with van der Waals surface area (Å²) < 4.78 is 20.5. The summed E-state index contributed by atoms with van der Waals surface area (Å²) in [7, 11) is 4.33. The number of aromatic nitrogens is 1. The van der Waals surface area contributed by atoms with Crippen LogP contribution in [0.3, 0.4) is 0 Å². The van der Waals surface area contributed by atoms with Crippen LogP contribution in [0.5, 0.6) is 0 Å². The summed E-state index contributed by atoms with van der Waals surface area (Å²) in [5.41, 5.74) is 4.90. The van der Waals surface area contributed by atoms with Crippen LogP contribution in [0.25, 0.3) is 0 Å². The number of likely N-dealkylation sites (tertiary alicyclic amines) is 1. The zero-order valence-electron chi connectivity index (χ0n) is 28.4. The molecule has 1 saturated heterocycles. The Labute approximate surface area is 281 Å². The summed E-state index contributed by atoms with van der Waals surface area (Å²) >= 11 is 0. The van der Waals surface area contributed by atoms with E-state index in [0.717, 1.165) is 56.2 Å². The van der Waals surface area contributed by atoms with Gasteiger partial charge in [0, 0.05) is 12.5 Å². The zero-order valence-corrected chi connectivity index (χ0v) is 28.4. The van der Waals surface area contributed by atoms with Gasteiger partial charge in [-0.1, -0.05) is 92.1 Å². The Morgan fingerprint density at radius 3 is 2.17 bits per heavy atom. The highest BCUT2D eigenvalue weighted by Crippen LogP contribution is 2.43. The lowest BCUT2D eigenvalue weighted by atomic mass is 9.74. The number of rotatable bonds is 14. The first-order valence-corrected chi connectivity index (χ1v) is 18.0. The summed E-state index contributed by atoms with van der Waals surface area (Å²) in [6, 6.07) is 29.0. The van der Waals surface area contributed by atoms with Crippen LogP contribution < -0.4 is 5.32 Å². The Balaban J connectivity index is 1.17. The monoisotopic (exact) mass is 636 g/mol. The smallest absolute Gasteiger partial charge is 0.212 e. The first kappa shape index (κ1) is 33.6. The van der Waals surface area contributed by atoms with Gasteiger partial charge >= 0.3 is 0 Å². The number of halogens is 1. The van der Waals surface area contributed by atoms with Crippen LogP contribution in [-0.4, -0.2) is 48.5 Å². The fraction of sp³-hybridized carbons (Fsp3) is 0.488. The number of nitrogens with one attached hydrogen (secondary N) is 1. The molecule has 1 aliphatic heterocycles. The lowest BCUT2D eigenvalue weighted by Gasteiger charge is -2.40. The minimum atomic E-state index is -0.164. The van der Waals surface area contributed by atoms with E-state index in [0.29, 0.717) is 24.4 Å². The third-order valence-electron chi connectivity index (χ3n) is 10.5. The van der Waals surface area contributed by atoms with E-state index in [1.807, 2.05) is 12.1 Å². The van der Waals surface area contributed by atoms with Crippen LogP contribution in [-0.2, 0) is 19.4 Å². The van der Waals surface area contributed by atoms with Gasteiger partial charge in [0.15, 0.2) is 0 Å². The molecule has 1 aromatic heterocycles. The normalized spacial score (nSPS) is 20.3. The molecule has 1 aliphatic carbocycles. The lowest BCUT2D eigenvalue weighted by molar-refractivity contribution is 0.0934. The summed E-state index contributed by atoms with van der Waals surface area (Å²) in [6.45, 7) is 3.83. The van der Waals surface area contributed by atoms with Crippen molar-refractivity contribution in [3.63, 3.8) is 0 Å². The minimum absolute atomic E-state index is 0.164. The molecule has 6 heteroatoms. The van der Waals surface area contributed by atoms with Crippen molar-refractivity contribution >= 4 is 0 Å². The number of piperidine rings is 1. The highest BCUT2D eigenvalue weighted by molar-refractivity contribution is 5.25. The Kier molecular flexibility index (Phi) is 11.9. The van der Waals surface area contributed by atoms with Gasteiger partial charge < -0.3 is 14.6 Å². The van der Waals surface area contributed by atoms with E-state index in [9.17, 15) is 4.39 Å². The van der Waals surface area contributed by atoms with Gasteiger partial charge in [-0.2, -0.15) is 0 Å². The van der Waals surface area contributed by atoms with Crippen molar-refractivity contribution in [2.24, 2.45) is 11.8 Å². The molecule has 2 atom stereocenters. The quantitative estimate of drug-likeness (QED) is 0.140. The van der Waals surface area contributed by atoms with Crippen molar-refractivity contribution in [1.82, 2.24) is 20.1 Å². The molecule has 0 spiro atoms. The number of hydrogen-bond donors (Lipinski definition) is 1. The predicted octanol–water partition coefficient (Wildman–Crippen LogP) is 8.76. The maximum atomic E-state index is 13.7. The van der Waals surface area contributed by atoms with Crippen LogP contribution in [0.1, 0.15) is 97.5 Å². The van der Waals surface area contributed by atoms with Crippen LogP contribution in [0.2, 0.25) is 0 Å². The molecule has 1 N–H and O–H groups in total. The average Bonchev–Trinajstić information content (AvgIpc) is 3.50. The molecule has 2 aliphatic rings. The first-order valence-electron chi connectivity index (χ1n) is 18.0. The molecule has 250 valence electrons. The van der Waals surface area contributed by atoms with E-state index in [1.54, 1.807) is 12.1 Å². The fourth-order valence-electron chi connectivity index (χ4n) is 8.03. The molecule has 47 heavy (non-hydrogen) atoms. The van der Waals surface area contributed by atoms with E-state index in [2.05, 4.69) is 89.9 Å². The molecular weight excluding hydrogens is 583 g/mol. The van der Waals surface area contributed by atoms with Gasteiger partial charge in [0.25, 0.3) is 0 Å². The Morgan fingerprint density at radius 1 is 0.851 bits per heavy atom. The van der Waals surface area contributed by atoms with Crippen molar-refractivity contribution in [3.05, 3.63) is 125 Å². The van der Waals surface area contributed by atoms with Crippen LogP contribution in [0.15, 0.2) is 89.3 Å². The number of nitrogens with zero attached hydrogens (tertiary/aromatic N) is 3. The molecule has 1 saturated carbocycles. The second kappa shape index (κ2) is 16.7. The van der Waals surface area contributed by atoms with Crippen molar-refractivity contribution in [3.8, 4) is 0 Å². The van der Waals surface area contributed by atoms with Crippen molar-refractivity contribution in [1.29, 1.82) is 0 Å². The highest BCUT2D eigenvalue weighted by Gasteiger charge is 2.35. The standard InChI is InChI=1S/C41H53FN4O/c1-45(2)40(35-20-22-36(42)23-21-35)34-18-16-33(17-19-34)29-38(46-26-10-5-11-27-46)41-44-37(28-32-14-8-4-9-15-32)39(47-41)30-43-25-24-31-12-6-3-7-13-31/h3-4,6-9,12-15,20-23,33-34,38,40,43H,5,10-11,16-19,24-30H2,1-2H3. The third kappa shape index (κ3) is 9.19. The second-order valence-corrected chi connectivity index (χ2v) is 14.1. The van der Waals surface area contributed by atoms with Crippen molar-refractivity contribution in [2.75, 3.05) is 33.7 Å². The van der Waals surface area contributed by atoms with Gasteiger partial charge in [0.05, 0.1) is 18.3 Å². The molecule has 0 radical (unpaired) electrons. The molecule has 2 fully saturated rings. The van der Waals surface area contributed by atoms with Gasteiger partial charge in [-0.25, -0.2) is 9.37 Å². The third-order valence-corrected chi connectivity index (χ3v) is 10.5. The Bertz CT molecular complexity index is 1480. The summed E-state index contributed by atoms with van der Waals surface area (Å²) in [6.07, 6.45) is 11.5. The molecule has 0 amide bonds. The van der Waals surface area contributed by atoms with Gasteiger partial charge in [-0.3, -0.25) is 4.90 Å². The van der Waals surface area contributed by atoms with Gasteiger partial charge in [-0.05, 0) is 113 Å². The lowest BCUT2D eigenvalue weighted by Crippen LogP contribution is -2.36. The molecule has 3 aromatic carbocycles. The van der Waals surface area contributed by atoms with E-state index < -0.39 is 0 Å². The van der Waals surface area contributed by atoms with Gasteiger partial charge in [-0.15, -0.1) is 0 Å². The van der Waals surface area contributed by atoms with Crippen LogP contribution >= 0.6 is 0 Å².